The molecule has 19 heavy (non-hydrogen) atoms. The molecule has 0 aliphatic carbocycles. The molecule has 0 saturated heterocycles. The van der Waals surface area contributed by atoms with Crippen LogP contribution in [0, 0.1) is 0 Å². The van der Waals surface area contributed by atoms with Crippen LogP contribution in [0.4, 0.5) is 4.79 Å². The summed E-state index contributed by atoms with van der Waals surface area (Å²) in [4.78, 5) is 22.6. The molecule has 0 bridgehead atoms. The van der Waals surface area contributed by atoms with Gasteiger partial charge in [-0.3, -0.25) is 4.79 Å². The van der Waals surface area contributed by atoms with E-state index in [9.17, 15) is 9.59 Å². The fraction of sp³-hybridized carbons (Fsp3) is 0.846. The zero-order valence-electron chi connectivity index (χ0n) is 12.7. The highest BCUT2D eigenvalue weighted by Crippen LogP contribution is 2.29. The van der Waals surface area contributed by atoms with Gasteiger partial charge in [-0.25, -0.2) is 4.79 Å². The average molecular weight is 292 g/mol. The van der Waals surface area contributed by atoms with Gasteiger partial charge in [0.1, 0.15) is 6.54 Å². The van der Waals surface area contributed by atoms with Crippen LogP contribution in [0.5, 0.6) is 0 Å². The number of nitrogens with zero attached hydrogens (tertiary/aromatic N) is 1. The van der Waals surface area contributed by atoms with E-state index in [4.69, 9.17) is 9.84 Å². The zero-order valence-corrected chi connectivity index (χ0v) is 13.5. The summed E-state index contributed by atoms with van der Waals surface area (Å²) in [5.41, 5.74) is 0. The average Bonchev–Trinajstić information content (AvgIpc) is 2.12. The molecule has 0 aromatic rings. The fourth-order valence-corrected chi connectivity index (χ4v) is 2.19. The molecular weight excluding hydrogens is 266 g/mol. The molecule has 5 nitrogen and oxygen atoms in total. The predicted octanol–water partition coefficient (Wildman–Crippen LogP) is 2.59. The summed E-state index contributed by atoms with van der Waals surface area (Å²) in [5, 5.41) is 8.47. The Morgan fingerprint density at radius 2 is 1.84 bits per heavy atom. The first-order valence-electron chi connectivity index (χ1n) is 6.37. The van der Waals surface area contributed by atoms with Gasteiger partial charge in [0, 0.05) is 4.75 Å². The van der Waals surface area contributed by atoms with Gasteiger partial charge in [0.2, 0.25) is 0 Å². The van der Waals surface area contributed by atoms with Crippen LogP contribution >= 0.6 is 11.8 Å². The quantitative estimate of drug-likeness (QED) is 0.577. The van der Waals surface area contributed by atoms with Gasteiger partial charge in [-0.15, -0.1) is 0 Å². The fourth-order valence-electron chi connectivity index (χ4n) is 1.41. The van der Waals surface area contributed by atoms with Crippen LogP contribution in [0.15, 0.2) is 0 Å². The number of thioether (sulfide) groups is 1. The minimum absolute atomic E-state index is 0.158. The summed E-state index contributed by atoms with van der Waals surface area (Å²) in [5.74, 6) is -0.953. The van der Waals surface area contributed by atoms with E-state index >= 15 is 0 Å². The zero-order chi connectivity index (χ0) is 15.3. The summed E-state index contributed by atoms with van der Waals surface area (Å²) >= 11 is 1.12. The molecule has 0 aromatic heterocycles. The highest BCUT2D eigenvalue weighted by atomic mass is 32.2. The number of aliphatic carboxylic acids is 1. The Hall–Kier alpha value is -0.750. The molecule has 1 N–H and O–H groups in total. The van der Waals surface area contributed by atoms with E-state index in [1.54, 1.807) is 0 Å². The van der Waals surface area contributed by atoms with Gasteiger partial charge in [-0.1, -0.05) is 20.8 Å². The Labute approximate surface area is 119 Å². The van der Waals surface area contributed by atoms with Crippen molar-refractivity contribution in [2.45, 2.75) is 44.5 Å². The standard InChI is InChI=1S/C13H25NO4S/c1-7-13(2,3)19-12(17)18-10(8-11(15)16)9-14(4,5)6/h10H,7-9H2,1-6H3/p+1/t10-/m1/s1. The lowest BCUT2D eigenvalue weighted by atomic mass is 10.1. The van der Waals surface area contributed by atoms with E-state index in [0.29, 0.717) is 11.0 Å². The second-order valence-electron chi connectivity index (χ2n) is 6.28. The van der Waals surface area contributed by atoms with Crippen LogP contribution in [0.25, 0.3) is 0 Å². The van der Waals surface area contributed by atoms with Crippen molar-refractivity contribution in [1.82, 2.24) is 0 Å². The van der Waals surface area contributed by atoms with Gasteiger partial charge in [0.05, 0.1) is 27.6 Å². The molecule has 0 aliphatic heterocycles. The van der Waals surface area contributed by atoms with Crippen molar-refractivity contribution in [2.75, 3.05) is 27.7 Å². The number of carbonyl (C=O) groups is 2. The molecule has 0 aromatic carbocycles. The molecule has 0 unspecified atom stereocenters. The number of ether oxygens (including phenoxy) is 1. The predicted molar refractivity (Wildman–Crippen MR) is 77.4 cm³/mol. The van der Waals surface area contributed by atoms with Crippen molar-refractivity contribution in [3.63, 3.8) is 0 Å². The van der Waals surface area contributed by atoms with Gasteiger partial charge in [0.25, 0.3) is 0 Å². The molecule has 112 valence electrons. The van der Waals surface area contributed by atoms with Crippen LogP contribution in [0.2, 0.25) is 0 Å². The number of carboxylic acid groups (broad SMARTS) is 1. The molecule has 0 rings (SSSR count). The van der Waals surface area contributed by atoms with Crippen molar-refractivity contribution in [2.24, 2.45) is 0 Å². The lowest BCUT2D eigenvalue weighted by molar-refractivity contribution is -0.873. The first-order chi connectivity index (χ1) is 8.45. The SMILES string of the molecule is CCC(C)(C)SC(=O)O[C@H](CC(=O)O)C[N+](C)(C)C. The lowest BCUT2D eigenvalue weighted by Gasteiger charge is -2.29. The Kier molecular flexibility index (Phi) is 6.86. The van der Waals surface area contributed by atoms with Crippen molar-refractivity contribution in [3.05, 3.63) is 0 Å². The molecule has 0 saturated carbocycles. The normalized spacial score (nSPS) is 14.0. The smallest absolute Gasteiger partial charge is 0.368 e. The second kappa shape index (κ2) is 7.14. The topological polar surface area (TPSA) is 63.6 Å². The number of likely N-dealkylation sites (N-methyl/N-ethyl adjacent to an activating group) is 1. The lowest BCUT2D eigenvalue weighted by Crippen LogP contribution is -2.43. The Bertz CT molecular complexity index is 323. The number of quaternary nitrogens is 1. The summed E-state index contributed by atoms with van der Waals surface area (Å²) in [6, 6.07) is 0. The van der Waals surface area contributed by atoms with E-state index in [-0.39, 0.29) is 11.2 Å². The van der Waals surface area contributed by atoms with Gasteiger partial charge in [0.15, 0.2) is 6.10 Å². The molecule has 0 radical (unpaired) electrons. The maximum atomic E-state index is 11.8. The van der Waals surface area contributed by atoms with Crippen LogP contribution in [-0.2, 0) is 9.53 Å². The van der Waals surface area contributed by atoms with Crippen molar-refractivity contribution >= 4 is 23.0 Å². The minimum atomic E-state index is -0.953. The number of hydrogen-bond donors (Lipinski definition) is 1. The number of hydrogen-bond acceptors (Lipinski definition) is 4. The Morgan fingerprint density at radius 3 is 2.21 bits per heavy atom. The van der Waals surface area contributed by atoms with Crippen LogP contribution in [0.1, 0.15) is 33.6 Å². The van der Waals surface area contributed by atoms with E-state index in [1.807, 2.05) is 41.9 Å². The largest absolute Gasteiger partial charge is 0.481 e. The van der Waals surface area contributed by atoms with E-state index < -0.39 is 17.4 Å². The maximum absolute atomic E-state index is 11.8. The molecule has 0 spiro atoms. The third-order valence-electron chi connectivity index (χ3n) is 2.63. The van der Waals surface area contributed by atoms with E-state index in [1.165, 1.54) is 0 Å². The van der Waals surface area contributed by atoms with Crippen LogP contribution < -0.4 is 0 Å². The molecule has 0 fully saturated rings. The van der Waals surface area contributed by atoms with Crippen LogP contribution in [-0.4, -0.2) is 59.4 Å². The Morgan fingerprint density at radius 1 is 1.32 bits per heavy atom. The van der Waals surface area contributed by atoms with E-state index in [2.05, 4.69) is 0 Å². The number of carboxylic acids is 1. The molecular formula is C13H26NO4S+. The van der Waals surface area contributed by atoms with Gasteiger partial charge in [-0.2, -0.15) is 0 Å². The summed E-state index contributed by atoms with van der Waals surface area (Å²) in [7, 11) is 5.81. The Balaban J connectivity index is 4.55. The molecule has 0 heterocycles. The van der Waals surface area contributed by atoms with Crippen molar-refractivity contribution < 1.29 is 23.9 Å². The molecule has 6 heteroatoms. The number of rotatable bonds is 7. The van der Waals surface area contributed by atoms with Crippen molar-refractivity contribution in [3.8, 4) is 0 Å². The highest BCUT2D eigenvalue weighted by molar-refractivity contribution is 8.14. The molecule has 0 aliphatic rings. The van der Waals surface area contributed by atoms with E-state index in [0.717, 1.165) is 18.2 Å². The van der Waals surface area contributed by atoms with Gasteiger partial charge in [-0.05, 0) is 18.2 Å². The van der Waals surface area contributed by atoms with Gasteiger partial charge >= 0.3 is 11.3 Å². The van der Waals surface area contributed by atoms with Crippen molar-refractivity contribution in [1.29, 1.82) is 0 Å². The molecule has 0 amide bonds. The second-order valence-corrected chi connectivity index (χ2v) is 7.92. The molecule has 1 atom stereocenters. The number of carbonyl (C=O) groups excluding carboxylic acids is 1. The first-order valence-corrected chi connectivity index (χ1v) is 7.19. The van der Waals surface area contributed by atoms with Gasteiger partial charge < -0.3 is 14.3 Å². The third kappa shape index (κ3) is 9.78. The summed E-state index contributed by atoms with van der Waals surface area (Å²) in [6.45, 7) is 6.40. The maximum Gasteiger partial charge on any atom is 0.368 e. The summed E-state index contributed by atoms with van der Waals surface area (Å²) in [6.07, 6.45) is 0.0882. The van der Waals surface area contributed by atoms with Crippen LogP contribution in [0.3, 0.4) is 0 Å². The summed E-state index contributed by atoms with van der Waals surface area (Å²) < 4.78 is 5.66. The third-order valence-corrected chi connectivity index (χ3v) is 3.73. The minimum Gasteiger partial charge on any atom is -0.481 e. The highest BCUT2D eigenvalue weighted by Gasteiger charge is 2.28. The monoisotopic (exact) mass is 292 g/mol. The first kappa shape index (κ1) is 18.2.